The first-order valence-electron chi connectivity index (χ1n) is 9.47. The summed E-state index contributed by atoms with van der Waals surface area (Å²) < 4.78 is 0. The zero-order chi connectivity index (χ0) is 15.3. The molecular weight excluding hydrogens is 256 g/mol. The average Bonchev–Trinajstić information content (AvgIpc) is 2.48. The smallest absolute Gasteiger partial charge is 0.0533 e. The number of hydrogen-bond acceptors (Lipinski definition) is 0. The molecule has 1 radical (unpaired) electrons. The van der Waals surface area contributed by atoms with Gasteiger partial charge < -0.3 is 0 Å². The molecule has 0 aliphatic heterocycles. The van der Waals surface area contributed by atoms with E-state index in [1.807, 2.05) is 0 Å². The summed E-state index contributed by atoms with van der Waals surface area (Å²) in [6.45, 7) is 12.2. The van der Waals surface area contributed by atoms with Crippen LogP contribution in [0.4, 0.5) is 0 Å². The summed E-state index contributed by atoms with van der Waals surface area (Å²) >= 11 is 0. The van der Waals surface area contributed by atoms with E-state index in [0.29, 0.717) is 0 Å². The first-order chi connectivity index (χ1) is 9.64. The highest BCUT2D eigenvalue weighted by molar-refractivity contribution is 6.80. The van der Waals surface area contributed by atoms with Gasteiger partial charge >= 0.3 is 0 Å². The Morgan fingerprint density at radius 1 is 0.750 bits per heavy atom. The Hall–Kier alpha value is 0.217. The molecule has 0 spiro atoms. The van der Waals surface area contributed by atoms with Crippen molar-refractivity contribution in [3.8, 4) is 0 Å². The van der Waals surface area contributed by atoms with Gasteiger partial charge in [0.2, 0.25) is 0 Å². The van der Waals surface area contributed by atoms with Crippen molar-refractivity contribution in [3.63, 3.8) is 0 Å². The van der Waals surface area contributed by atoms with Gasteiger partial charge in [-0.3, -0.25) is 0 Å². The van der Waals surface area contributed by atoms with Gasteiger partial charge in [0.1, 0.15) is 0 Å². The average molecular weight is 298 g/mol. The number of hydrogen-bond donors (Lipinski definition) is 0. The lowest BCUT2D eigenvalue weighted by Gasteiger charge is -2.34. The lowest BCUT2D eigenvalue weighted by molar-refractivity contribution is 0.586. The summed E-state index contributed by atoms with van der Waals surface area (Å²) in [7, 11) is -1.01. The van der Waals surface area contributed by atoms with E-state index in [0.717, 1.165) is 5.54 Å². The molecular formula is C19H41Si. The van der Waals surface area contributed by atoms with Crippen LogP contribution in [-0.2, 0) is 0 Å². The molecule has 0 aliphatic rings. The molecule has 0 aromatic carbocycles. The monoisotopic (exact) mass is 297 g/mol. The molecule has 0 rings (SSSR count). The molecule has 0 fully saturated rings. The molecule has 20 heavy (non-hydrogen) atoms. The van der Waals surface area contributed by atoms with E-state index in [-0.39, 0.29) is 0 Å². The Labute approximate surface area is 131 Å². The molecule has 0 nitrogen and oxygen atoms in total. The second kappa shape index (κ2) is 12.9. The summed E-state index contributed by atoms with van der Waals surface area (Å²) in [5.41, 5.74) is 0.982. The van der Waals surface area contributed by atoms with Gasteiger partial charge in [-0.15, -0.1) is 0 Å². The summed E-state index contributed by atoms with van der Waals surface area (Å²) in [6.07, 6.45) is 17.0. The summed E-state index contributed by atoms with van der Waals surface area (Å²) in [5, 5.41) is 0. The lowest BCUT2D eigenvalue weighted by Crippen LogP contribution is -2.35. The fourth-order valence-corrected chi connectivity index (χ4v) is 6.39. The molecule has 0 bridgehead atoms. The van der Waals surface area contributed by atoms with E-state index in [1.165, 1.54) is 76.3 Å². The van der Waals surface area contributed by atoms with Gasteiger partial charge in [-0.25, -0.2) is 0 Å². The predicted octanol–water partition coefficient (Wildman–Crippen LogP) is 7.62. The van der Waals surface area contributed by atoms with Gasteiger partial charge in [0.15, 0.2) is 0 Å². The first-order valence-corrected chi connectivity index (χ1v) is 12.5. The highest BCUT2D eigenvalue weighted by Gasteiger charge is 2.32. The molecule has 0 aliphatic carbocycles. The van der Waals surface area contributed by atoms with Crippen molar-refractivity contribution in [1.29, 1.82) is 0 Å². The minimum absolute atomic E-state index is 0.982. The van der Waals surface area contributed by atoms with E-state index < -0.39 is 8.07 Å². The van der Waals surface area contributed by atoms with E-state index in [1.54, 1.807) is 0 Å². The fraction of sp³-hybridized carbons (Fsp3) is 0.947. The zero-order valence-corrected chi connectivity index (χ0v) is 16.1. The maximum Gasteiger partial charge on any atom is 0.0533 e. The van der Waals surface area contributed by atoms with Gasteiger partial charge in [0, 0.05) is 0 Å². The van der Waals surface area contributed by atoms with Crippen LogP contribution in [-0.4, -0.2) is 8.07 Å². The second-order valence-corrected chi connectivity index (χ2v) is 12.4. The van der Waals surface area contributed by atoms with Crippen molar-refractivity contribution in [2.45, 2.75) is 116 Å². The Bertz CT molecular complexity index is 196. The summed E-state index contributed by atoms with van der Waals surface area (Å²) in [6, 6.07) is 2.93. The zero-order valence-electron chi connectivity index (χ0n) is 15.1. The van der Waals surface area contributed by atoms with Crippen LogP contribution < -0.4 is 0 Å². The molecule has 0 heterocycles. The van der Waals surface area contributed by atoms with E-state index in [9.17, 15) is 0 Å². The van der Waals surface area contributed by atoms with Gasteiger partial charge in [0.05, 0.1) is 8.07 Å². The molecule has 0 N–H and O–H groups in total. The van der Waals surface area contributed by atoms with Gasteiger partial charge in [-0.05, 0) is 12.0 Å². The maximum atomic E-state index is 2.74. The molecule has 0 amide bonds. The van der Waals surface area contributed by atoms with E-state index in [2.05, 4.69) is 40.7 Å². The van der Waals surface area contributed by atoms with E-state index >= 15 is 0 Å². The molecule has 0 aromatic rings. The topological polar surface area (TPSA) is 0 Å². The summed E-state index contributed by atoms with van der Waals surface area (Å²) in [4.78, 5) is 0. The quantitative estimate of drug-likeness (QED) is 0.228. The Morgan fingerprint density at radius 2 is 1.30 bits per heavy atom. The SMILES string of the molecule is CCCCC[CH]C(CCCCCCC)[Si](C)(CC)CC. The minimum atomic E-state index is -1.01. The normalized spacial score (nSPS) is 13.7. The van der Waals surface area contributed by atoms with Gasteiger partial charge in [-0.1, -0.05) is 111 Å². The van der Waals surface area contributed by atoms with Crippen LogP contribution in [0.15, 0.2) is 0 Å². The highest BCUT2D eigenvalue weighted by Crippen LogP contribution is 2.37. The number of rotatable bonds is 14. The second-order valence-electron chi connectivity index (χ2n) is 6.90. The van der Waals surface area contributed by atoms with Crippen molar-refractivity contribution >= 4 is 8.07 Å². The standard InChI is InChI=1S/C19H41Si/c1-6-10-12-14-16-18-19(17-15-13-11-7-2)20(5,8-3)9-4/h17,19H,6-16,18H2,1-5H3. The Morgan fingerprint density at radius 3 is 1.85 bits per heavy atom. The van der Waals surface area contributed by atoms with E-state index in [4.69, 9.17) is 0 Å². The van der Waals surface area contributed by atoms with Crippen LogP contribution in [0.3, 0.4) is 0 Å². The third-order valence-corrected chi connectivity index (χ3v) is 10.9. The third kappa shape index (κ3) is 8.49. The highest BCUT2D eigenvalue weighted by atomic mass is 28.3. The Kier molecular flexibility index (Phi) is 13.1. The van der Waals surface area contributed by atoms with Crippen molar-refractivity contribution in [2.24, 2.45) is 0 Å². The summed E-state index contributed by atoms with van der Waals surface area (Å²) in [5.74, 6) is 0. The van der Waals surface area contributed by atoms with Crippen molar-refractivity contribution in [3.05, 3.63) is 6.42 Å². The Balaban J connectivity index is 4.17. The molecule has 0 aromatic heterocycles. The first kappa shape index (κ1) is 20.2. The molecule has 0 saturated carbocycles. The van der Waals surface area contributed by atoms with Gasteiger partial charge in [0.25, 0.3) is 0 Å². The van der Waals surface area contributed by atoms with Crippen molar-refractivity contribution in [1.82, 2.24) is 0 Å². The maximum absolute atomic E-state index is 2.74. The third-order valence-electron chi connectivity index (χ3n) is 5.39. The molecule has 0 saturated heterocycles. The van der Waals surface area contributed by atoms with Crippen molar-refractivity contribution < 1.29 is 0 Å². The van der Waals surface area contributed by atoms with Crippen LogP contribution in [0.25, 0.3) is 0 Å². The lowest BCUT2D eigenvalue weighted by atomic mass is 10.0. The predicted molar refractivity (Wildman–Crippen MR) is 98.1 cm³/mol. The molecule has 1 heteroatoms. The van der Waals surface area contributed by atoms with Gasteiger partial charge in [-0.2, -0.15) is 0 Å². The van der Waals surface area contributed by atoms with Crippen LogP contribution in [0.2, 0.25) is 24.2 Å². The molecule has 1 unspecified atom stereocenters. The van der Waals surface area contributed by atoms with Crippen LogP contribution in [0.5, 0.6) is 0 Å². The largest absolute Gasteiger partial charge is 0.0690 e. The molecule has 121 valence electrons. The van der Waals surface area contributed by atoms with Crippen LogP contribution >= 0.6 is 0 Å². The number of unbranched alkanes of at least 4 members (excludes halogenated alkanes) is 7. The van der Waals surface area contributed by atoms with Crippen LogP contribution in [0, 0.1) is 6.42 Å². The van der Waals surface area contributed by atoms with Crippen LogP contribution in [0.1, 0.15) is 91.9 Å². The van der Waals surface area contributed by atoms with Crippen molar-refractivity contribution in [2.75, 3.05) is 0 Å². The fourth-order valence-electron chi connectivity index (χ4n) is 3.21. The molecule has 1 atom stereocenters. The minimum Gasteiger partial charge on any atom is -0.0690 e.